The van der Waals surface area contributed by atoms with E-state index in [4.69, 9.17) is 4.42 Å². The normalized spacial score (nSPS) is 14.1. The lowest BCUT2D eigenvalue weighted by Crippen LogP contribution is -2.54. The number of aliphatic imine (C=N–C) groups is 1. The smallest absolute Gasteiger partial charge is 0.289 e. The lowest BCUT2D eigenvalue weighted by atomic mass is 10.1. The number of benzene rings is 1. The van der Waals surface area contributed by atoms with Crippen LogP contribution in [0.5, 0.6) is 0 Å². The third-order valence-electron chi connectivity index (χ3n) is 4.94. The number of nitrogens with one attached hydrogen (secondary N) is 2. The Morgan fingerprint density at radius 2 is 1.77 bits per heavy atom. The minimum Gasteiger partial charge on any atom is -0.459 e. The predicted molar refractivity (Wildman–Crippen MR) is 126 cm³/mol. The summed E-state index contributed by atoms with van der Waals surface area (Å²) in [5.41, 5.74) is 0.794. The van der Waals surface area contributed by atoms with Gasteiger partial charge in [0.1, 0.15) is 5.82 Å². The average Bonchev–Trinajstić information content (AvgIpc) is 3.30. The fourth-order valence-corrected chi connectivity index (χ4v) is 3.20. The van der Waals surface area contributed by atoms with Gasteiger partial charge in [-0.25, -0.2) is 4.39 Å². The first kappa shape index (κ1) is 24.6. The Balaban J connectivity index is 0.00000341. The number of guanidine groups is 1. The third-order valence-corrected chi connectivity index (χ3v) is 4.94. The van der Waals surface area contributed by atoms with E-state index in [2.05, 4.69) is 20.5 Å². The van der Waals surface area contributed by atoms with Crippen LogP contribution in [0.25, 0.3) is 0 Å². The molecule has 1 aliphatic heterocycles. The molecule has 2 N–H and O–H groups in total. The Hall–Kier alpha value is -2.63. The molecule has 1 aromatic carbocycles. The number of hydrogen-bond donors (Lipinski definition) is 2. The molecule has 1 saturated heterocycles. The molecule has 0 radical (unpaired) electrons. The molecular weight excluding hydrogens is 516 g/mol. The number of amides is 2. The van der Waals surface area contributed by atoms with Gasteiger partial charge in [0.2, 0.25) is 0 Å². The van der Waals surface area contributed by atoms with Crippen molar-refractivity contribution in [3.8, 4) is 0 Å². The first-order valence-electron chi connectivity index (χ1n) is 9.82. The molecule has 2 aromatic rings. The van der Waals surface area contributed by atoms with E-state index in [0.717, 1.165) is 0 Å². The molecule has 1 aliphatic rings. The van der Waals surface area contributed by atoms with Crippen LogP contribution in [0.4, 0.5) is 4.39 Å². The summed E-state index contributed by atoms with van der Waals surface area (Å²) in [4.78, 5) is 32.6. The number of carbonyl (C=O) groups is 2. The van der Waals surface area contributed by atoms with E-state index in [1.165, 1.54) is 12.3 Å². The van der Waals surface area contributed by atoms with Crippen molar-refractivity contribution in [3.05, 3.63) is 59.3 Å². The number of carbonyl (C=O) groups excluding carboxylic acids is 2. The summed E-state index contributed by atoms with van der Waals surface area (Å²) in [6, 6.07) is 7.78. The third kappa shape index (κ3) is 6.42. The van der Waals surface area contributed by atoms with Gasteiger partial charge in [-0.2, -0.15) is 0 Å². The van der Waals surface area contributed by atoms with Crippen LogP contribution >= 0.6 is 24.0 Å². The fraction of sp³-hybridized carbons (Fsp3) is 0.381. The lowest BCUT2D eigenvalue weighted by molar-refractivity contribution is 0.0657. The zero-order chi connectivity index (χ0) is 21.5. The van der Waals surface area contributed by atoms with Crippen LogP contribution in [-0.2, 0) is 0 Å². The SMILES string of the molecule is CN=C(NCCNC(=O)c1ccc(C)c(F)c1)N1CCN(C(=O)c2ccco2)CC1.I. The molecule has 1 aromatic heterocycles. The first-order chi connectivity index (χ1) is 14.5. The topological polar surface area (TPSA) is 90.2 Å². The number of nitrogens with zero attached hydrogens (tertiary/aromatic N) is 3. The summed E-state index contributed by atoms with van der Waals surface area (Å²) in [6.07, 6.45) is 1.49. The molecule has 168 valence electrons. The van der Waals surface area contributed by atoms with Gasteiger partial charge in [-0.3, -0.25) is 14.6 Å². The van der Waals surface area contributed by atoms with Gasteiger partial charge in [0.25, 0.3) is 11.8 Å². The molecular formula is C21H27FIN5O3. The number of rotatable bonds is 5. The van der Waals surface area contributed by atoms with Gasteiger partial charge >= 0.3 is 0 Å². The molecule has 8 nitrogen and oxygen atoms in total. The Kier molecular flexibility index (Phi) is 9.28. The Morgan fingerprint density at radius 3 is 2.39 bits per heavy atom. The summed E-state index contributed by atoms with van der Waals surface area (Å²) in [7, 11) is 1.69. The largest absolute Gasteiger partial charge is 0.459 e. The van der Waals surface area contributed by atoms with Gasteiger partial charge in [-0.15, -0.1) is 24.0 Å². The monoisotopic (exact) mass is 543 g/mol. The van der Waals surface area contributed by atoms with Gasteiger partial charge in [0, 0.05) is 51.9 Å². The molecule has 0 bridgehead atoms. The maximum absolute atomic E-state index is 13.6. The molecule has 0 unspecified atom stereocenters. The minimum absolute atomic E-state index is 0. The maximum atomic E-state index is 13.6. The number of halogens is 2. The summed E-state index contributed by atoms with van der Waals surface area (Å²) >= 11 is 0. The highest BCUT2D eigenvalue weighted by Crippen LogP contribution is 2.10. The second-order valence-corrected chi connectivity index (χ2v) is 6.95. The van der Waals surface area contributed by atoms with Crippen LogP contribution in [0.1, 0.15) is 26.5 Å². The Morgan fingerprint density at radius 1 is 1.10 bits per heavy atom. The van der Waals surface area contributed by atoms with E-state index in [9.17, 15) is 14.0 Å². The van der Waals surface area contributed by atoms with Crippen molar-refractivity contribution >= 4 is 41.8 Å². The highest BCUT2D eigenvalue weighted by atomic mass is 127. The number of furan rings is 1. The van der Waals surface area contributed by atoms with Crippen LogP contribution in [0.2, 0.25) is 0 Å². The van der Waals surface area contributed by atoms with Gasteiger partial charge in [0.05, 0.1) is 6.26 Å². The van der Waals surface area contributed by atoms with Crippen LogP contribution in [0, 0.1) is 12.7 Å². The van der Waals surface area contributed by atoms with E-state index >= 15 is 0 Å². The minimum atomic E-state index is -0.397. The number of hydrogen-bond acceptors (Lipinski definition) is 4. The van der Waals surface area contributed by atoms with Crippen LogP contribution < -0.4 is 10.6 Å². The van der Waals surface area contributed by atoms with Crippen molar-refractivity contribution in [2.45, 2.75) is 6.92 Å². The molecule has 0 saturated carbocycles. The van der Waals surface area contributed by atoms with Crippen molar-refractivity contribution in [1.29, 1.82) is 0 Å². The molecule has 31 heavy (non-hydrogen) atoms. The molecule has 0 aliphatic carbocycles. The summed E-state index contributed by atoms with van der Waals surface area (Å²) in [5, 5.41) is 5.96. The zero-order valence-electron chi connectivity index (χ0n) is 17.6. The van der Waals surface area contributed by atoms with Crippen molar-refractivity contribution in [2.75, 3.05) is 46.3 Å². The highest BCUT2D eigenvalue weighted by molar-refractivity contribution is 14.0. The van der Waals surface area contributed by atoms with E-state index in [1.54, 1.807) is 43.1 Å². The van der Waals surface area contributed by atoms with E-state index in [1.807, 2.05) is 0 Å². The first-order valence-corrected chi connectivity index (χ1v) is 9.82. The van der Waals surface area contributed by atoms with Crippen molar-refractivity contribution in [1.82, 2.24) is 20.4 Å². The molecule has 0 atom stereocenters. The molecule has 1 fully saturated rings. The van der Waals surface area contributed by atoms with E-state index in [0.29, 0.717) is 62.1 Å². The summed E-state index contributed by atoms with van der Waals surface area (Å²) in [5.74, 6) is 0.213. The van der Waals surface area contributed by atoms with Crippen molar-refractivity contribution in [3.63, 3.8) is 0 Å². The Bertz CT molecular complexity index is 912. The van der Waals surface area contributed by atoms with Gasteiger partial charge in [-0.05, 0) is 36.8 Å². The fourth-order valence-electron chi connectivity index (χ4n) is 3.20. The highest BCUT2D eigenvalue weighted by Gasteiger charge is 2.25. The van der Waals surface area contributed by atoms with Crippen molar-refractivity contribution in [2.24, 2.45) is 4.99 Å². The van der Waals surface area contributed by atoms with E-state index in [-0.39, 0.29) is 35.8 Å². The maximum Gasteiger partial charge on any atom is 0.289 e. The van der Waals surface area contributed by atoms with Gasteiger partial charge < -0.3 is 24.9 Å². The molecule has 0 spiro atoms. The van der Waals surface area contributed by atoms with Crippen molar-refractivity contribution < 1.29 is 18.4 Å². The molecule has 2 heterocycles. The van der Waals surface area contributed by atoms with Crippen LogP contribution in [0.15, 0.2) is 46.0 Å². The van der Waals surface area contributed by atoms with Gasteiger partial charge in [-0.1, -0.05) is 6.07 Å². The summed E-state index contributed by atoms with van der Waals surface area (Å²) < 4.78 is 18.8. The zero-order valence-corrected chi connectivity index (χ0v) is 19.9. The molecule has 3 rings (SSSR count). The van der Waals surface area contributed by atoms with Crippen LogP contribution in [-0.4, -0.2) is 73.9 Å². The predicted octanol–water partition coefficient (Wildman–Crippen LogP) is 2.11. The standard InChI is InChI=1S/C21H26FN5O3.HI/c1-15-5-6-16(14-17(15)22)19(28)24-7-8-25-21(23-2)27-11-9-26(10-12-27)20(29)18-4-3-13-30-18;/h3-6,13-14H,7-12H2,1-2H3,(H,23,25)(H,24,28);1H. The van der Waals surface area contributed by atoms with Crippen LogP contribution in [0.3, 0.4) is 0 Å². The lowest BCUT2D eigenvalue weighted by Gasteiger charge is -2.36. The molecule has 10 heteroatoms. The average molecular weight is 543 g/mol. The second kappa shape index (κ2) is 11.7. The number of aryl methyl sites for hydroxylation is 1. The second-order valence-electron chi connectivity index (χ2n) is 6.95. The quantitative estimate of drug-likeness (QED) is 0.261. The van der Waals surface area contributed by atoms with Gasteiger partial charge in [0.15, 0.2) is 11.7 Å². The van der Waals surface area contributed by atoms with E-state index < -0.39 is 5.82 Å². The number of piperazine rings is 1. The summed E-state index contributed by atoms with van der Waals surface area (Å²) in [6.45, 7) is 4.90. The Labute approximate surface area is 197 Å². The molecule has 2 amide bonds.